The molecule has 2 nitrogen and oxygen atoms in total. The molecule has 0 aliphatic carbocycles. The predicted molar refractivity (Wildman–Crippen MR) is 67.4 cm³/mol. The molecule has 2 aromatic rings. The van der Waals surface area contributed by atoms with E-state index in [2.05, 4.69) is 36.2 Å². The Bertz CT molecular complexity index is 450. The van der Waals surface area contributed by atoms with E-state index in [0.717, 1.165) is 20.2 Å². The Labute approximate surface area is 103 Å². The van der Waals surface area contributed by atoms with Gasteiger partial charge >= 0.3 is 0 Å². The molecule has 14 heavy (non-hydrogen) atoms. The lowest BCUT2D eigenvalue weighted by molar-refractivity contribution is 1.50. The summed E-state index contributed by atoms with van der Waals surface area (Å²) in [6, 6.07) is 7.97. The molecule has 2 rings (SSSR count). The van der Waals surface area contributed by atoms with Crippen LogP contribution in [0.1, 0.15) is 0 Å². The Morgan fingerprint density at radius 3 is 2.29 bits per heavy atom. The van der Waals surface area contributed by atoms with Gasteiger partial charge in [0.05, 0.1) is 4.47 Å². The SMILES string of the molecule is Nc1snc(-c2ccc(Br)cc2)c1Br. The van der Waals surface area contributed by atoms with Crippen molar-refractivity contribution in [2.24, 2.45) is 0 Å². The van der Waals surface area contributed by atoms with Crippen molar-refractivity contribution in [3.05, 3.63) is 33.2 Å². The molecule has 1 aromatic heterocycles. The molecular formula is C9H6Br2N2S. The van der Waals surface area contributed by atoms with Crippen LogP contribution in [0.5, 0.6) is 0 Å². The molecule has 72 valence electrons. The van der Waals surface area contributed by atoms with Gasteiger partial charge in [-0.15, -0.1) is 0 Å². The molecule has 0 radical (unpaired) electrons. The molecular weight excluding hydrogens is 328 g/mol. The van der Waals surface area contributed by atoms with Gasteiger partial charge in [0.15, 0.2) is 0 Å². The van der Waals surface area contributed by atoms with Gasteiger partial charge < -0.3 is 5.73 Å². The fourth-order valence-corrected chi connectivity index (χ4v) is 2.56. The molecule has 0 aliphatic rings. The maximum atomic E-state index is 5.71. The Hall–Kier alpha value is -0.390. The van der Waals surface area contributed by atoms with E-state index in [-0.39, 0.29) is 0 Å². The third-order valence-electron chi connectivity index (χ3n) is 1.78. The van der Waals surface area contributed by atoms with Crippen LogP contribution < -0.4 is 5.73 Å². The number of benzene rings is 1. The molecule has 5 heteroatoms. The summed E-state index contributed by atoms with van der Waals surface area (Å²) < 4.78 is 6.21. The van der Waals surface area contributed by atoms with Crippen LogP contribution in [0.15, 0.2) is 33.2 Å². The summed E-state index contributed by atoms with van der Waals surface area (Å²) in [5.41, 5.74) is 7.67. The molecule has 0 unspecified atom stereocenters. The fraction of sp³-hybridized carbons (Fsp3) is 0. The summed E-state index contributed by atoms with van der Waals surface area (Å²) in [6.45, 7) is 0. The molecule has 0 spiro atoms. The predicted octanol–water partition coefficient (Wildman–Crippen LogP) is 3.92. The molecule has 1 aromatic carbocycles. The normalized spacial score (nSPS) is 10.4. The van der Waals surface area contributed by atoms with Crippen LogP contribution in [-0.4, -0.2) is 4.37 Å². The second-order valence-corrected chi connectivity index (χ2v) is 5.23. The third kappa shape index (κ3) is 1.85. The topological polar surface area (TPSA) is 38.9 Å². The first kappa shape index (κ1) is 10.1. The molecule has 0 atom stereocenters. The van der Waals surface area contributed by atoms with Gasteiger partial charge in [0.1, 0.15) is 10.7 Å². The number of hydrogen-bond acceptors (Lipinski definition) is 3. The second kappa shape index (κ2) is 4.00. The van der Waals surface area contributed by atoms with Gasteiger partial charge in [-0.05, 0) is 39.6 Å². The van der Waals surface area contributed by atoms with Crippen molar-refractivity contribution in [1.29, 1.82) is 0 Å². The van der Waals surface area contributed by atoms with Crippen LogP contribution in [0.3, 0.4) is 0 Å². The van der Waals surface area contributed by atoms with E-state index < -0.39 is 0 Å². The van der Waals surface area contributed by atoms with Crippen LogP contribution in [0, 0.1) is 0 Å². The van der Waals surface area contributed by atoms with Crippen molar-refractivity contribution in [3.63, 3.8) is 0 Å². The highest BCUT2D eigenvalue weighted by Gasteiger charge is 2.09. The molecule has 0 aliphatic heterocycles. The average molecular weight is 334 g/mol. The minimum absolute atomic E-state index is 0.711. The molecule has 2 N–H and O–H groups in total. The van der Waals surface area contributed by atoms with Crippen LogP contribution >= 0.6 is 43.4 Å². The van der Waals surface area contributed by atoms with Crippen molar-refractivity contribution >= 4 is 48.4 Å². The minimum atomic E-state index is 0.711. The summed E-state index contributed by atoms with van der Waals surface area (Å²) in [5.74, 6) is 0. The Balaban J connectivity index is 2.49. The van der Waals surface area contributed by atoms with E-state index in [0.29, 0.717) is 5.00 Å². The van der Waals surface area contributed by atoms with Crippen molar-refractivity contribution < 1.29 is 0 Å². The number of anilines is 1. The van der Waals surface area contributed by atoms with Gasteiger partial charge in [0.25, 0.3) is 0 Å². The summed E-state index contributed by atoms with van der Waals surface area (Å²) in [4.78, 5) is 0. The lowest BCUT2D eigenvalue weighted by Crippen LogP contribution is -1.80. The molecule has 0 saturated heterocycles. The average Bonchev–Trinajstić information content (AvgIpc) is 2.50. The van der Waals surface area contributed by atoms with Crippen molar-refractivity contribution in [1.82, 2.24) is 4.37 Å². The van der Waals surface area contributed by atoms with Crippen molar-refractivity contribution in [3.8, 4) is 11.3 Å². The highest BCUT2D eigenvalue weighted by molar-refractivity contribution is 9.11. The lowest BCUT2D eigenvalue weighted by atomic mass is 10.2. The molecule has 0 amide bonds. The summed E-state index contributed by atoms with van der Waals surface area (Å²) in [6.07, 6.45) is 0. The van der Waals surface area contributed by atoms with E-state index in [1.165, 1.54) is 11.5 Å². The van der Waals surface area contributed by atoms with Crippen LogP contribution in [-0.2, 0) is 0 Å². The van der Waals surface area contributed by atoms with E-state index in [9.17, 15) is 0 Å². The van der Waals surface area contributed by atoms with Gasteiger partial charge in [0, 0.05) is 10.0 Å². The van der Waals surface area contributed by atoms with Crippen molar-refractivity contribution in [2.45, 2.75) is 0 Å². The number of rotatable bonds is 1. The standard InChI is InChI=1S/C9H6Br2N2S/c10-6-3-1-5(2-4-6)8-7(11)9(12)14-13-8/h1-4H,12H2. The highest BCUT2D eigenvalue weighted by atomic mass is 79.9. The van der Waals surface area contributed by atoms with Gasteiger partial charge in [0.2, 0.25) is 0 Å². The molecule has 0 bridgehead atoms. The van der Waals surface area contributed by atoms with E-state index in [4.69, 9.17) is 5.73 Å². The number of halogens is 2. The first-order valence-electron chi connectivity index (χ1n) is 3.85. The first-order valence-corrected chi connectivity index (χ1v) is 6.21. The summed E-state index contributed by atoms with van der Waals surface area (Å²) in [7, 11) is 0. The van der Waals surface area contributed by atoms with Gasteiger partial charge in [-0.1, -0.05) is 28.1 Å². The second-order valence-electron chi connectivity index (χ2n) is 2.72. The summed E-state index contributed by atoms with van der Waals surface area (Å²) >= 11 is 8.10. The number of nitrogens with zero attached hydrogens (tertiary/aromatic N) is 1. The first-order chi connectivity index (χ1) is 6.68. The number of nitrogen functional groups attached to an aromatic ring is 1. The lowest BCUT2D eigenvalue weighted by Gasteiger charge is -1.97. The molecule has 1 heterocycles. The van der Waals surface area contributed by atoms with Gasteiger partial charge in [-0.25, -0.2) is 0 Å². The maximum absolute atomic E-state index is 5.71. The molecule has 0 saturated carbocycles. The Kier molecular flexibility index (Phi) is 2.90. The third-order valence-corrected chi connectivity index (χ3v) is 4.05. The zero-order chi connectivity index (χ0) is 10.1. The van der Waals surface area contributed by atoms with Gasteiger partial charge in [-0.2, -0.15) is 4.37 Å². The van der Waals surface area contributed by atoms with E-state index in [1.54, 1.807) is 0 Å². The maximum Gasteiger partial charge on any atom is 0.121 e. The fourth-order valence-electron chi connectivity index (χ4n) is 1.08. The smallest absolute Gasteiger partial charge is 0.121 e. The number of nitrogens with two attached hydrogens (primary N) is 1. The minimum Gasteiger partial charge on any atom is -0.388 e. The number of aromatic nitrogens is 1. The zero-order valence-electron chi connectivity index (χ0n) is 7.00. The molecule has 0 fully saturated rings. The largest absolute Gasteiger partial charge is 0.388 e. The zero-order valence-corrected chi connectivity index (χ0v) is 11.0. The van der Waals surface area contributed by atoms with Crippen molar-refractivity contribution in [2.75, 3.05) is 5.73 Å². The van der Waals surface area contributed by atoms with E-state index in [1.807, 2.05) is 24.3 Å². The number of hydrogen-bond donors (Lipinski definition) is 1. The quantitative estimate of drug-likeness (QED) is 0.859. The monoisotopic (exact) mass is 332 g/mol. The summed E-state index contributed by atoms with van der Waals surface area (Å²) in [5, 5.41) is 0.711. The van der Waals surface area contributed by atoms with Gasteiger partial charge in [-0.3, -0.25) is 0 Å². The van der Waals surface area contributed by atoms with Crippen LogP contribution in [0.4, 0.5) is 5.00 Å². The Morgan fingerprint density at radius 2 is 1.79 bits per heavy atom. The van der Waals surface area contributed by atoms with Crippen LogP contribution in [0.2, 0.25) is 0 Å². The Morgan fingerprint density at radius 1 is 1.14 bits per heavy atom. The van der Waals surface area contributed by atoms with E-state index >= 15 is 0 Å². The highest BCUT2D eigenvalue weighted by Crippen LogP contribution is 2.35. The van der Waals surface area contributed by atoms with Crippen LogP contribution in [0.25, 0.3) is 11.3 Å².